The second-order valence-electron chi connectivity index (χ2n) is 4.46. The second-order valence-corrected chi connectivity index (χ2v) is 6.51. The fourth-order valence-corrected chi connectivity index (χ4v) is 2.83. The summed E-state index contributed by atoms with van der Waals surface area (Å²) < 4.78 is 26.6. The zero-order valence-electron chi connectivity index (χ0n) is 10.7. The van der Waals surface area contributed by atoms with Crippen molar-refractivity contribution in [2.75, 3.05) is 0 Å². The van der Waals surface area contributed by atoms with Crippen LogP contribution in [-0.4, -0.2) is 24.4 Å². The molecule has 18 heavy (non-hydrogen) atoms. The van der Waals surface area contributed by atoms with Gasteiger partial charge in [-0.1, -0.05) is 20.3 Å². The number of hydrogen-bond donors (Lipinski definition) is 1. The molecule has 0 aliphatic carbocycles. The van der Waals surface area contributed by atoms with Gasteiger partial charge >= 0.3 is 0 Å². The predicted octanol–water partition coefficient (Wildman–Crippen LogP) is 2.23. The number of halogens is 1. The van der Waals surface area contributed by atoms with Crippen molar-refractivity contribution in [1.29, 1.82) is 0 Å². The maximum atomic E-state index is 12.0. The van der Waals surface area contributed by atoms with Crippen molar-refractivity contribution in [2.45, 2.75) is 44.6 Å². The number of hydrogen-bond acceptors (Lipinski definition) is 4. The van der Waals surface area contributed by atoms with E-state index in [4.69, 9.17) is 11.6 Å². The molecule has 0 fully saturated rings. The molecule has 0 aromatic carbocycles. The third kappa shape index (κ3) is 4.51. The SMILES string of the molecule is CCC(C)CC(C)NS(=O)(=O)c1cnc(Cl)nc1. The van der Waals surface area contributed by atoms with Crippen molar-refractivity contribution in [3.8, 4) is 0 Å². The van der Waals surface area contributed by atoms with Crippen molar-refractivity contribution < 1.29 is 8.42 Å². The van der Waals surface area contributed by atoms with E-state index in [1.807, 2.05) is 6.92 Å². The average molecular weight is 292 g/mol. The Hall–Kier alpha value is -0.720. The monoisotopic (exact) mass is 291 g/mol. The highest BCUT2D eigenvalue weighted by molar-refractivity contribution is 7.89. The molecule has 1 rings (SSSR count). The summed E-state index contributed by atoms with van der Waals surface area (Å²) in [5, 5.41) is 0.0293. The molecule has 0 aliphatic rings. The number of nitrogens with zero attached hydrogens (tertiary/aromatic N) is 2. The van der Waals surface area contributed by atoms with Crippen LogP contribution in [0.3, 0.4) is 0 Å². The minimum Gasteiger partial charge on any atom is -0.225 e. The zero-order valence-corrected chi connectivity index (χ0v) is 12.3. The molecule has 1 aromatic heterocycles. The minimum atomic E-state index is -3.56. The first-order valence-electron chi connectivity index (χ1n) is 5.85. The standard InChI is InChI=1S/C11H18ClN3O2S/c1-4-8(2)5-9(3)15-18(16,17)10-6-13-11(12)14-7-10/h6-9,15H,4-5H2,1-3H3. The van der Waals surface area contributed by atoms with Crippen LogP contribution < -0.4 is 4.72 Å². The van der Waals surface area contributed by atoms with Gasteiger partial charge in [-0.25, -0.2) is 23.1 Å². The van der Waals surface area contributed by atoms with Gasteiger partial charge in [0.25, 0.3) is 0 Å². The highest BCUT2D eigenvalue weighted by Crippen LogP contribution is 2.13. The molecule has 7 heteroatoms. The summed E-state index contributed by atoms with van der Waals surface area (Å²) in [6.07, 6.45) is 4.22. The molecule has 102 valence electrons. The summed E-state index contributed by atoms with van der Waals surface area (Å²) in [5.41, 5.74) is 0. The topological polar surface area (TPSA) is 72.0 Å². The molecule has 0 bridgehead atoms. The van der Waals surface area contributed by atoms with Crippen LogP contribution in [0.25, 0.3) is 0 Å². The zero-order chi connectivity index (χ0) is 13.8. The molecule has 0 spiro atoms. The van der Waals surface area contributed by atoms with E-state index in [0.717, 1.165) is 12.8 Å². The molecule has 1 N–H and O–H groups in total. The van der Waals surface area contributed by atoms with Gasteiger partial charge in [0.15, 0.2) is 0 Å². The Labute approximate surface area is 113 Å². The smallest absolute Gasteiger partial charge is 0.225 e. The molecule has 0 radical (unpaired) electrons. The van der Waals surface area contributed by atoms with Crippen LogP contribution in [0.4, 0.5) is 0 Å². The van der Waals surface area contributed by atoms with Crippen LogP contribution in [0.5, 0.6) is 0 Å². The summed E-state index contributed by atoms with van der Waals surface area (Å²) in [6.45, 7) is 6.02. The van der Waals surface area contributed by atoms with Crippen LogP contribution in [-0.2, 0) is 10.0 Å². The lowest BCUT2D eigenvalue weighted by atomic mass is 10.0. The van der Waals surface area contributed by atoms with Gasteiger partial charge in [-0.2, -0.15) is 0 Å². The van der Waals surface area contributed by atoms with Gasteiger partial charge in [0.2, 0.25) is 15.3 Å². The lowest BCUT2D eigenvalue weighted by molar-refractivity contribution is 0.445. The summed E-state index contributed by atoms with van der Waals surface area (Å²) in [7, 11) is -3.56. The van der Waals surface area contributed by atoms with Gasteiger partial charge in [0.1, 0.15) is 4.90 Å². The first kappa shape index (κ1) is 15.3. The summed E-state index contributed by atoms with van der Waals surface area (Å²) in [4.78, 5) is 7.36. The van der Waals surface area contributed by atoms with Crippen molar-refractivity contribution in [3.63, 3.8) is 0 Å². The van der Waals surface area contributed by atoms with Crippen LogP contribution in [0.1, 0.15) is 33.6 Å². The number of aromatic nitrogens is 2. The Bertz CT molecular complexity index is 476. The minimum absolute atomic E-state index is 0.0293. The Morgan fingerprint density at radius 1 is 1.33 bits per heavy atom. The van der Waals surface area contributed by atoms with Gasteiger partial charge in [-0.15, -0.1) is 0 Å². The third-order valence-electron chi connectivity index (χ3n) is 2.72. The summed E-state index contributed by atoms with van der Waals surface area (Å²) in [6, 6.07) is -0.124. The third-order valence-corrected chi connectivity index (χ3v) is 4.46. The lowest BCUT2D eigenvalue weighted by Gasteiger charge is -2.17. The van der Waals surface area contributed by atoms with Crippen molar-refractivity contribution in [2.24, 2.45) is 5.92 Å². The number of rotatable bonds is 6. The molecule has 0 amide bonds. The average Bonchev–Trinajstić information content (AvgIpc) is 2.28. The highest BCUT2D eigenvalue weighted by atomic mass is 35.5. The van der Waals surface area contributed by atoms with E-state index in [1.54, 1.807) is 0 Å². The molecule has 2 unspecified atom stereocenters. The fraction of sp³-hybridized carbons (Fsp3) is 0.636. The normalized spacial score (nSPS) is 15.3. The second kappa shape index (κ2) is 6.45. The predicted molar refractivity (Wildman–Crippen MR) is 70.9 cm³/mol. The van der Waals surface area contributed by atoms with Crippen LogP contribution in [0, 0.1) is 5.92 Å². The molecule has 0 saturated carbocycles. The Kier molecular flexibility index (Phi) is 5.49. The van der Waals surface area contributed by atoms with E-state index >= 15 is 0 Å². The molecular formula is C11H18ClN3O2S. The molecule has 5 nitrogen and oxygen atoms in total. The van der Waals surface area contributed by atoms with Gasteiger partial charge in [-0.3, -0.25) is 0 Å². The van der Waals surface area contributed by atoms with Crippen LogP contribution >= 0.6 is 11.6 Å². The molecule has 0 aliphatic heterocycles. The van der Waals surface area contributed by atoms with Crippen molar-refractivity contribution in [1.82, 2.24) is 14.7 Å². The van der Waals surface area contributed by atoms with E-state index in [-0.39, 0.29) is 16.2 Å². The number of nitrogens with one attached hydrogen (secondary N) is 1. The maximum Gasteiger partial charge on any atom is 0.243 e. The van der Waals surface area contributed by atoms with Crippen molar-refractivity contribution in [3.05, 3.63) is 17.7 Å². The molecular weight excluding hydrogens is 274 g/mol. The maximum absolute atomic E-state index is 12.0. The van der Waals surface area contributed by atoms with Crippen LogP contribution in [0.2, 0.25) is 5.28 Å². The molecule has 1 heterocycles. The summed E-state index contributed by atoms with van der Waals surface area (Å²) >= 11 is 5.52. The van der Waals surface area contributed by atoms with Gasteiger partial charge in [-0.05, 0) is 30.9 Å². The first-order valence-corrected chi connectivity index (χ1v) is 7.71. The fourth-order valence-electron chi connectivity index (χ4n) is 1.59. The molecule has 2 atom stereocenters. The largest absolute Gasteiger partial charge is 0.243 e. The van der Waals surface area contributed by atoms with Crippen LogP contribution in [0.15, 0.2) is 17.3 Å². The van der Waals surface area contributed by atoms with E-state index in [1.165, 1.54) is 12.4 Å². The quantitative estimate of drug-likeness (QED) is 0.816. The Balaban J connectivity index is 2.73. The van der Waals surface area contributed by atoms with Gasteiger partial charge in [0.05, 0.1) is 12.4 Å². The highest BCUT2D eigenvalue weighted by Gasteiger charge is 2.19. The lowest BCUT2D eigenvalue weighted by Crippen LogP contribution is -2.33. The molecule has 1 aromatic rings. The van der Waals surface area contributed by atoms with E-state index in [0.29, 0.717) is 5.92 Å². The van der Waals surface area contributed by atoms with E-state index < -0.39 is 10.0 Å². The Morgan fingerprint density at radius 3 is 2.39 bits per heavy atom. The summed E-state index contributed by atoms with van der Waals surface area (Å²) in [5.74, 6) is 0.476. The first-order chi connectivity index (χ1) is 8.35. The van der Waals surface area contributed by atoms with Gasteiger partial charge in [0, 0.05) is 6.04 Å². The van der Waals surface area contributed by atoms with Gasteiger partial charge < -0.3 is 0 Å². The molecule has 0 saturated heterocycles. The Morgan fingerprint density at radius 2 is 1.89 bits per heavy atom. The van der Waals surface area contributed by atoms with E-state index in [9.17, 15) is 8.42 Å². The van der Waals surface area contributed by atoms with E-state index in [2.05, 4.69) is 28.5 Å². The van der Waals surface area contributed by atoms with Crippen molar-refractivity contribution >= 4 is 21.6 Å². The number of sulfonamides is 1.